The zero-order chi connectivity index (χ0) is 9.38. The molecule has 0 saturated heterocycles. The molecule has 0 bridgehead atoms. The van der Waals surface area contributed by atoms with Crippen LogP contribution in [0.25, 0.3) is 0 Å². The van der Waals surface area contributed by atoms with Crippen molar-refractivity contribution in [2.45, 2.75) is 12.8 Å². The summed E-state index contributed by atoms with van der Waals surface area (Å²) in [6.45, 7) is 0. The van der Waals surface area contributed by atoms with Crippen molar-refractivity contribution in [3.8, 4) is 0 Å². The van der Waals surface area contributed by atoms with E-state index in [1.165, 1.54) is 12.8 Å². The molecule has 3 rings (SSSR count). The molecule has 0 aromatic heterocycles. The Hall–Kier alpha value is 0.410. The van der Waals surface area contributed by atoms with E-state index in [0.717, 1.165) is 11.8 Å². The van der Waals surface area contributed by atoms with Crippen LogP contribution < -0.4 is 24.8 Å². The minimum atomic E-state index is 0. The van der Waals surface area contributed by atoms with Gasteiger partial charge in [-0.25, -0.2) is 0 Å². The summed E-state index contributed by atoms with van der Waals surface area (Å²) in [6.07, 6.45) is 20.9. The molecule has 3 aliphatic rings. The van der Waals surface area contributed by atoms with Gasteiger partial charge in [-0.05, 0) is 12.3 Å². The van der Waals surface area contributed by atoms with E-state index >= 15 is 0 Å². The second kappa shape index (κ2) is 7.76. The van der Waals surface area contributed by atoms with E-state index in [4.69, 9.17) is 0 Å². The second-order valence-corrected chi connectivity index (χ2v) is 4.42. The van der Waals surface area contributed by atoms with Crippen molar-refractivity contribution >= 4 is 0 Å². The summed E-state index contributed by atoms with van der Waals surface area (Å²) >= 11 is 0. The van der Waals surface area contributed by atoms with Gasteiger partial charge in [0.25, 0.3) is 0 Å². The minimum Gasteiger partial charge on any atom is -1.00 e. The van der Waals surface area contributed by atoms with E-state index in [2.05, 4.69) is 49.0 Å². The maximum Gasteiger partial charge on any atom is 0 e. The zero-order valence-electron chi connectivity index (χ0n) is 9.52. The molecule has 0 aromatic carbocycles. The summed E-state index contributed by atoms with van der Waals surface area (Å²) in [7, 11) is 0. The molecule has 0 aromatic rings. The van der Waals surface area contributed by atoms with Gasteiger partial charge in [-0.1, -0.05) is 48.5 Å². The minimum absolute atomic E-state index is 0. The Labute approximate surface area is 135 Å². The fraction of sp³-hybridized carbons (Fsp3) is 0.357. The molecule has 17 heavy (non-hydrogen) atoms. The van der Waals surface area contributed by atoms with Gasteiger partial charge in [-0.2, -0.15) is 0 Å². The Morgan fingerprint density at radius 3 is 2.47 bits per heavy atom. The standard InChI is InChI=1S/C14H15.2ClH.Hf/c1-2-6-11(5-1)14-9-12-7-3-4-8-13(12)10-14;;;/h1-5,7-9,12-14H,6,10H2;2*1H;/q-1;;;/p-2. The Balaban J connectivity index is 0.000000853. The third-order valence-electron chi connectivity index (χ3n) is 3.55. The quantitative estimate of drug-likeness (QED) is 0.317. The van der Waals surface area contributed by atoms with Crippen LogP contribution in [0.3, 0.4) is 0 Å². The molecule has 0 N–H and O–H groups in total. The zero-order valence-corrected chi connectivity index (χ0v) is 14.6. The van der Waals surface area contributed by atoms with Crippen LogP contribution in [0.1, 0.15) is 12.8 Å². The van der Waals surface area contributed by atoms with E-state index in [0.29, 0.717) is 5.92 Å². The molecule has 0 amide bonds. The van der Waals surface area contributed by atoms with Crippen molar-refractivity contribution in [2.75, 3.05) is 0 Å². The van der Waals surface area contributed by atoms with Crippen LogP contribution in [0.4, 0.5) is 0 Å². The molecule has 1 saturated carbocycles. The normalized spacial score (nSPS) is 32.0. The van der Waals surface area contributed by atoms with Gasteiger partial charge in [-0.3, -0.25) is 0 Å². The van der Waals surface area contributed by atoms with Crippen LogP contribution in [-0.2, 0) is 25.8 Å². The van der Waals surface area contributed by atoms with Crippen LogP contribution in [0.15, 0.2) is 48.1 Å². The Morgan fingerprint density at radius 2 is 1.82 bits per heavy atom. The number of fused-ring (bicyclic) bond motifs is 1. The Morgan fingerprint density at radius 1 is 1.06 bits per heavy atom. The average molecular weight is 433 g/mol. The number of hydrogen-bond acceptors (Lipinski definition) is 0. The third-order valence-corrected chi connectivity index (χ3v) is 3.55. The van der Waals surface area contributed by atoms with Crippen LogP contribution >= 0.6 is 0 Å². The first-order chi connectivity index (χ1) is 6.93. The smallest absolute Gasteiger partial charge is 0 e. The van der Waals surface area contributed by atoms with Gasteiger partial charge in [0.1, 0.15) is 0 Å². The molecule has 0 aliphatic heterocycles. The predicted octanol–water partition coefficient (Wildman–Crippen LogP) is -2.54. The molecule has 0 spiro atoms. The van der Waals surface area contributed by atoms with Gasteiger partial charge in [0, 0.05) is 25.8 Å². The fourth-order valence-electron chi connectivity index (χ4n) is 2.77. The van der Waals surface area contributed by atoms with Gasteiger partial charge in [-0.15, -0.1) is 17.9 Å². The van der Waals surface area contributed by atoms with Gasteiger partial charge < -0.3 is 31.2 Å². The first kappa shape index (κ1) is 17.4. The molecule has 0 heterocycles. The molecule has 0 radical (unpaired) electrons. The Kier molecular flexibility index (Phi) is 7.95. The summed E-state index contributed by atoms with van der Waals surface area (Å²) in [5, 5.41) is 0. The molecule has 3 unspecified atom stereocenters. The molecule has 0 nitrogen and oxygen atoms in total. The maximum absolute atomic E-state index is 2.53. The molecule has 3 heteroatoms. The van der Waals surface area contributed by atoms with Crippen molar-refractivity contribution < 1.29 is 50.7 Å². The maximum atomic E-state index is 2.53. The summed E-state index contributed by atoms with van der Waals surface area (Å²) in [5.74, 6) is 2.20. The van der Waals surface area contributed by atoms with Crippen LogP contribution in [0.2, 0.25) is 0 Å². The topological polar surface area (TPSA) is 0 Å². The molecular formula is C14H15Cl2Hf-3. The number of allylic oxidation sites excluding steroid dienone is 8. The van der Waals surface area contributed by atoms with E-state index in [1.807, 2.05) is 0 Å². The van der Waals surface area contributed by atoms with Crippen molar-refractivity contribution in [1.82, 2.24) is 0 Å². The summed E-state index contributed by atoms with van der Waals surface area (Å²) in [5.41, 5.74) is 1.61. The molecular weight excluding hydrogens is 418 g/mol. The summed E-state index contributed by atoms with van der Waals surface area (Å²) in [4.78, 5) is 0. The van der Waals surface area contributed by atoms with Gasteiger partial charge in [0.05, 0.1) is 0 Å². The SMILES string of the molecule is C1=CCC(C2[CH-]C3C=CC=CC3C2)=C1.[Cl-].[Cl-].[Hf]. The first-order valence-electron chi connectivity index (χ1n) is 5.49. The van der Waals surface area contributed by atoms with Gasteiger partial charge >= 0.3 is 0 Å². The molecule has 3 atom stereocenters. The number of hydrogen-bond donors (Lipinski definition) is 0. The van der Waals surface area contributed by atoms with Gasteiger partial charge in [0.2, 0.25) is 0 Å². The predicted molar refractivity (Wildman–Crippen MR) is 59.5 cm³/mol. The number of halogens is 2. The van der Waals surface area contributed by atoms with E-state index in [1.54, 1.807) is 5.57 Å². The van der Waals surface area contributed by atoms with Crippen LogP contribution in [0, 0.1) is 24.2 Å². The second-order valence-electron chi connectivity index (χ2n) is 4.42. The largest absolute Gasteiger partial charge is 1.00 e. The molecule has 3 aliphatic carbocycles. The summed E-state index contributed by atoms with van der Waals surface area (Å²) < 4.78 is 0. The third kappa shape index (κ3) is 3.68. The molecule has 1 fully saturated rings. The van der Waals surface area contributed by atoms with Crippen LogP contribution in [-0.4, -0.2) is 0 Å². The van der Waals surface area contributed by atoms with Crippen molar-refractivity contribution in [3.05, 3.63) is 54.5 Å². The van der Waals surface area contributed by atoms with E-state index in [9.17, 15) is 0 Å². The van der Waals surface area contributed by atoms with E-state index < -0.39 is 0 Å². The summed E-state index contributed by atoms with van der Waals surface area (Å²) in [6, 6.07) is 0. The van der Waals surface area contributed by atoms with Gasteiger partial charge in [0.15, 0.2) is 0 Å². The first-order valence-corrected chi connectivity index (χ1v) is 5.49. The van der Waals surface area contributed by atoms with E-state index in [-0.39, 0.29) is 50.7 Å². The average Bonchev–Trinajstić information content (AvgIpc) is 2.86. The van der Waals surface area contributed by atoms with Crippen molar-refractivity contribution in [2.24, 2.45) is 17.8 Å². The van der Waals surface area contributed by atoms with Crippen LogP contribution in [0.5, 0.6) is 0 Å². The van der Waals surface area contributed by atoms with Crippen molar-refractivity contribution in [3.63, 3.8) is 0 Å². The van der Waals surface area contributed by atoms with Crippen molar-refractivity contribution in [1.29, 1.82) is 0 Å². The Bertz CT molecular complexity index is 335. The number of rotatable bonds is 1. The fourth-order valence-corrected chi connectivity index (χ4v) is 2.77. The monoisotopic (exact) mass is 433 g/mol. The molecule has 92 valence electrons.